The molecule has 1 aliphatic heterocycles. The van der Waals surface area contributed by atoms with E-state index in [4.69, 9.17) is 9.84 Å². The molecule has 0 spiro atoms. The molecule has 140 valence electrons. The van der Waals surface area contributed by atoms with Crippen molar-refractivity contribution < 1.29 is 19.4 Å². The quantitative estimate of drug-likeness (QED) is 0.770. The number of hydrogen-bond donors (Lipinski definition) is 1. The molecule has 1 aliphatic rings. The van der Waals surface area contributed by atoms with E-state index < -0.39 is 5.97 Å². The van der Waals surface area contributed by atoms with Crippen molar-refractivity contribution >= 4 is 11.9 Å². The Morgan fingerprint density at radius 1 is 1.44 bits per heavy atom. The summed E-state index contributed by atoms with van der Waals surface area (Å²) in [5.41, 5.74) is 3.10. The second-order valence-corrected chi connectivity index (χ2v) is 6.94. The third kappa shape index (κ3) is 5.04. The predicted molar refractivity (Wildman–Crippen MR) is 93.4 cm³/mol. The van der Waals surface area contributed by atoms with E-state index in [0.29, 0.717) is 13.0 Å². The maximum absolute atomic E-state index is 12.9. The van der Waals surface area contributed by atoms with Crippen LogP contribution in [0.25, 0.3) is 0 Å². The number of aromatic nitrogens is 2. The summed E-state index contributed by atoms with van der Waals surface area (Å²) >= 11 is 0. The Labute approximate surface area is 148 Å². The minimum atomic E-state index is -0.892. The zero-order chi connectivity index (χ0) is 18.6. The van der Waals surface area contributed by atoms with Gasteiger partial charge in [-0.2, -0.15) is 5.10 Å². The molecule has 1 fully saturated rings. The average Bonchev–Trinajstić information content (AvgIpc) is 3.14. The van der Waals surface area contributed by atoms with Gasteiger partial charge in [-0.05, 0) is 38.7 Å². The van der Waals surface area contributed by atoms with Gasteiger partial charge in [-0.15, -0.1) is 0 Å². The Morgan fingerprint density at radius 3 is 2.68 bits per heavy atom. The fraction of sp³-hybridized carbons (Fsp3) is 0.722. The van der Waals surface area contributed by atoms with Gasteiger partial charge in [0, 0.05) is 38.4 Å². The fourth-order valence-corrected chi connectivity index (χ4v) is 3.37. The first kappa shape index (κ1) is 19.4. The number of carbonyl (C=O) groups excluding carboxylic acids is 1. The molecular weight excluding hydrogens is 322 g/mol. The van der Waals surface area contributed by atoms with E-state index in [9.17, 15) is 9.59 Å². The van der Waals surface area contributed by atoms with Crippen molar-refractivity contribution in [1.82, 2.24) is 14.7 Å². The minimum Gasteiger partial charge on any atom is -0.481 e. The zero-order valence-corrected chi connectivity index (χ0v) is 15.6. The molecule has 0 radical (unpaired) electrons. The number of amides is 1. The van der Waals surface area contributed by atoms with Gasteiger partial charge in [0.25, 0.3) is 0 Å². The predicted octanol–water partition coefficient (Wildman–Crippen LogP) is 1.70. The number of aryl methyl sites for hydroxylation is 2. The molecule has 0 bridgehead atoms. The summed E-state index contributed by atoms with van der Waals surface area (Å²) in [4.78, 5) is 25.5. The maximum Gasteiger partial charge on any atom is 0.305 e. The summed E-state index contributed by atoms with van der Waals surface area (Å²) in [7, 11) is 1.90. The van der Waals surface area contributed by atoms with Crippen molar-refractivity contribution in [3.8, 4) is 0 Å². The first-order chi connectivity index (χ1) is 11.8. The van der Waals surface area contributed by atoms with Crippen LogP contribution >= 0.6 is 0 Å². The first-order valence-corrected chi connectivity index (χ1v) is 8.90. The Morgan fingerprint density at radius 2 is 2.16 bits per heavy atom. The molecule has 1 amide bonds. The summed E-state index contributed by atoms with van der Waals surface area (Å²) in [6, 6.07) is 0. The molecule has 2 rings (SSSR count). The minimum absolute atomic E-state index is 0.0144. The van der Waals surface area contributed by atoms with E-state index in [1.165, 1.54) is 0 Å². The van der Waals surface area contributed by atoms with E-state index in [1.54, 1.807) is 4.90 Å². The molecule has 1 aromatic heterocycles. The van der Waals surface area contributed by atoms with E-state index >= 15 is 0 Å². The number of rotatable bonds is 8. The molecule has 0 aliphatic carbocycles. The largest absolute Gasteiger partial charge is 0.481 e. The van der Waals surface area contributed by atoms with Gasteiger partial charge in [0.05, 0.1) is 18.2 Å². The van der Waals surface area contributed by atoms with Gasteiger partial charge in [-0.1, -0.05) is 6.92 Å². The van der Waals surface area contributed by atoms with E-state index in [-0.39, 0.29) is 30.9 Å². The summed E-state index contributed by atoms with van der Waals surface area (Å²) in [5.74, 6) is -1.13. The number of carboxylic acid groups (broad SMARTS) is 1. The molecule has 1 saturated heterocycles. The first-order valence-electron chi connectivity index (χ1n) is 8.90. The van der Waals surface area contributed by atoms with Crippen LogP contribution < -0.4 is 0 Å². The van der Waals surface area contributed by atoms with Gasteiger partial charge in [0.1, 0.15) is 0 Å². The van der Waals surface area contributed by atoms with Crippen molar-refractivity contribution in [2.75, 3.05) is 19.7 Å². The van der Waals surface area contributed by atoms with Crippen LogP contribution in [0.3, 0.4) is 0 Å². The third-order valence-electron chi connectivity index (χ3n) is 4.95. The average molecular weight is 351 g/mol. The van der Waals surface area contributed by atoms with Gasteiger partial charge in [-0.25, -0.2) is 0 Å². The highest BCUT2D eigenvalue weighted by atomic mass is 16.5. The Kier molecular flexibility index (Phi) is 6.58. The lowest BCUT2D eigenvalue weighted by atomic mass is 9.98. The van der Waals surface area contributed by atoms with Crippen LogP contribution in [0.2, 0.25) is 0 Å². The maximum atomic E-state index is 12.9. The van der Waals surface area contributed by atoms with Gasteiger partial charge in [0.15, 0.2) is 0 Å². The van der Waals surface area contributed by atoms with Crippen LogP contribution in [0, 0.1) is 19.8 Å². The van der Waals surface area contributed by atoms with Gasteiger partial charge >= 0.3 is 5.97 Å². The number of carbonyl (C=O) groups is 2. The van der Waals surface area contributed by atoms with Crippen molar-refractivity contribution in [1.29, 1.82) is 0 Å². The van der Waals surface area contributed by atoms with Gasteiger partial charge in [-0.3, -0.25) is 14.3 Å². The van der Waals surface area contributed by atoms with Crippen LogP contribution in [0.5, 0.6) is 0 Å². The molecule has 2 atom stereocenters. The van der Waals surface area contributed by atoms with Gasteiger partial charge < -0.3 is 14.7 Å². The molecule has 0 aromatic carbocycles. The smallest absolute Gasteiger partial charge is 0.305 e. The summed E-state index contributed by atoms with van der Waals surface area (Å²) < 4.78 is 7.46. The Balaban J connectivity index is 2.05. The molecule has 25 heavy (non-hydrogen) atoms. The lowest BCUT2D eigenvalue weighted by Crippen LogP contribution is -2.42. The van der Waals surface area contributed by atoms with Crippen LogP contribution in [0.1, 0.15) is 43.1 Å². The molecular formula is C18H29N3O4. The number of hydrogen-bond acceptors (Lipinski definition) is 4. The summed E-state index contributed by atoms with van der Waals surface area (Å²) in [6.07, 6.45) is 2.50. The standard InChI is InChI=1S/C18H29N3O4/c1-12(10-16-13(2)19-20(4)14(16)3)18(24)21(8-7-17(22)23)11-15-6-5-9-25-15/h12,15H,5-11H2,1-4H3,(H,22,23). The zero-order valence-electron chi connectivity index (χ0n) is 15.6. The molecule has 7 heteroatoms. The molecule has 1 aromatic rings. The molecule has 2 unspecified atom stereocenters. The van der Waals surface area contributed by atoms with Crippen molar-refractivity contribution in [2.24, 2.45) is 13.0 Å². The second-order valence-electron chi connectivity index (χ2n) is 6.94. The normalized spacial score (nSPS) is 18.3. The molecule has 2 heterocycles. The van der Waals surface area contributed by atoms with Crippen LogP contribution in [0.4, 0.5) is 0 Å². The SMILES string of the molecule is Cc1nn(C)c(C)c1CC(C)C(=O)N(CCC(=O)O)CC1CCCO1. The topological polar surface area (TPSA) is 84.7 Å². The molecule has 1 N–H and O–H groups in total. The lowest BCUT2D eigenvalue weighted by Gasteiger charge is -2.27. The van der Waals surface area contributed by atoms with Gasteiger partial charge in [0.2, 0.25) is 5.91 Å². The van der Waals surface area contributed by atoms with Crippen LogP contribution in [-0.4, -0.2) is 57.5 Å². The highest BCUT2D eigenvalue weighted by Crippen LogP contribution is 2.20. The number of nitrogens with zero attached hydrogens (tertiary/aromatic N) is 3. The van der Waals surface area contributed by atoms with Crippen molar-refractivity contribution in [2.45, 2.75) is 52.6 Å². The monoisotopic (exact) mass is 351 g/mol. The van der Waals surface area contributed by atoms with Crippen LogP contribution in [0.15, 0.2) is 0 Å². The van der Waals surface area contributed by atoms with E-state index in [0.717, 1.165) is 36.4 Å². The summed E-state index contributed by atoms with van der Waals surface area (Å²) in [5, 5.41) is 13.4. The third-order valence-corrected chi connectivity index (χ3v) is 4.95. The van der Waals surface area contributed by atoms with E-state index in [1.807, 2.05) is 32.5 Å². The highest BCUT2D eigenvalue weighted by molar-refractivity contribution is 5.79. The Bertz CT molecular complexity index is 620. The fourth-order valence-electron chi connectivity index (χ4n) is 3.37. The number of carboxylic acids is 1. The van der Waals surface area contributed by atoms with Crippen molar-refractivity contribution in [3.63, 3.8) is 0 Å². The number of ether oxygens (including phenoxy) is 1. The number of aliphatic carboxylic acids is 1. The van der Waals surface area contributed by atoms with Crippen molar-refractivity contribution in [3.05, 3.63) is 17.0 Å². The molecule has 7 nitrogen and oxygen atoms in total. The summed E-state index contributed by atoms with van der Waals surface area (Å²) in [6.45, 7) is 7.27. The second kappa shape index (κ2) is 8.47. The van der Waals surface area contributed by atoms with E-state index in [2.05, 4.69) is 5.10 Å². The molecule has 0 saturated carbocycles. The Hall–Kier alpha value is -1.89. The lowest BCUT2D eigenvalue weighted by molar-refractivity contribution is -0.140. The van der Waals surface area contributed by atoms with Crippen LogP contribution in [-0.2, 0) is 27.8 Å². The highest BCUT2D eigenvalue weighted by Gasteiger charge is 2.27.